The van der Waals surface area contributed by atoms with Crippen molar-refractivity contribution in [3.8, 4) is 0 Å². The standard InChI is InChI=1S/C15H22ClN3O4S/c1-11-10-23-8-5-19(11)13-9-12(17-14(16)18-13)15(24(2,20)21)3-6-22-7-4-15/h9,11H,3-8,10H2,1-2H3/t11-/m1/s1. The van der Waals surface area contributed by atoms with Crippen molar-refractivity contribution in [2.24, 2.45) is 0 Å². The summed E-state index contributed by atoms with van der Waals surface area (Å²) in [6.07, 6.45) is 2.00. The van der Waals surface area contributed by atoms with E-state index in [1.807, 2.05) is 6.92 Å². The monoisotopic (exact) mass is 375 g/mol. The summed E-state index contributed by atoms with van der Waals surface area (Å²) in [7, 11) is -3.39. The Hall–Kier alpha value is -0.960. The molecule has 2 aliphatic heterocycles. The zero-order valence-electron chi connectivity index (χ0n) is 13.9. The minimum absolute atomic E-state index is 0.0655. The summed E-state index contributed by atoms with van der Waals surface area (Å²) in [5.41, 5.74) is 0.460. The Morgan fingerprint density at radius 2 is 1.96 bits per heavy atom. The third-order valence-corrected chi connectivity index (χ3v) is 7.03. The van der Waals surface area contributed by atoms with Gasteiger partial charge in [0.1, 0.15) is 10.6 Å². The maximum absolute atomic E-state index is 12.6. The maximum Gasteiger partial charge on any atom is 0.224 e. The molecular weight excluding hydrogens is 354 g/mol. The zero-order chi connectivity index (χ0) is 17.4. The van der Waals surface area contributed by atoms with Gasteiger partial charge in [-0.25, -0.2) is 18.4 Å². The van der Waals surface area contributed by atoms with Gasteiger partial charge in [0.05, 0.1) is 24.9 Å². The number of hydrogen-bond acceptors (Lipinski definition) is 7. The third-order valence-electron chi connectivity index (χ3n) is 4.82. The summed E-state index contributed by atoms with van der Waals surface area (Å²) < 4.78 is 34.9. The first-order chi connectivity index (χ1) is 11.3. The smallest absolute Gasteiger partial charge is 0.224 e. The number of morpholine rings is 1. The summed E-state index contributed by atoms with van der Waals surface area (Å²) in [6, 6.07) is 1.90. The van der Waals surface area contributed by atoms with Crippen molar-refractivity contribution in [1.82, 2.24) is 9.97 Å². The number of hydrogen-bond donors (Lipinski definition) is 0. The van der Waals surface area contributed by atoms with Gasteiger partial charge in [0.15, 0.2) is 9.84 Å². The SMILES string of the molecule is C[C@@H]1COCCN1c1cc(C2(S(C)(=O)=O)CCOCC2)nc(Cl)n1. The second-order valence-electron chi connectivity index (χ2n) is 6.38. The Kier molecular flexibility index (Phi) is 5.01. The Labute approximate surface area is 147 Å². The van der Waals surface area contributed by atoms with E-state index in [0.717, 1.165) is 0 Å². The average molecular weight is 376 g/mol. The molecule has 9 heteroatoms. The lowest BCUT2D eigenvalue weighted by Crippen LogP contribution is -2.45. The molecule has 0 radical (unpaired) electrons. The van der Waals surface area contributed by atoms with E-state index in [9.17, 15) is 8.42 Å². The molecule has 3 heterocycles. The quantitative estimate of drug-likeness (QED) is 0.738. The summed E-state index contributed by atoms with van der Waals surface area (Å²) in [6.45, 7) is 4.70. The van der Waals surface area contributed by atoms with Crippen LogP contribution in [0.25, 0.3) is 0 Å². The van der Waals surface area contributed by atoms with Gasteiger partial charge in [0.25, 0.3) is 0 Å². The molecule has 7 nitrogen and oxygen atoms in total. The van der Waals surface area contributed by atoms with Crippen LogP contribution in [-0.4, -0.2) is 63.7 Å². The van der Waals surface area contributed by atoms with Crippen LogP contribution in [0.5, 0.6) is 0 Å². The molecule has 3 rings (SSSR count). The molecule has 134 valence electrons. The van der Waals surface area contributed by atoms with E-state index in [-0.39, 0.29) is 11.3 Å². The Morgan fingerprint density at radius 3 is 2.58 bits per heavy atom. The van der Waals surface area contributed by atoms with E-state index >= 15 is 0 Å². The number of sulfone groups is 1. The summed E-state index contributed by atoms with van der Waals surface area (Å²) in [5, 5.41) is 0.0655. The van der Waals surface area contributed by atoms with Gasteiger partial charge < -0.3 is 14.4 Å². The fourth-order valence-corrected chi connectivity index (χ4v) is 4.94. The van der Waals surface area contributed by atoms with Gasteiger partial charge in [-0.05, 0) is 31.4 Å². The van der Waals surface area contributed by atoms with Crippen molar-refractivity contribution in [3.63, 3.8) is 0 Å². The third kappa shape index (κ3) is 3.24. The lowest BCUT2D eigenvalue weighted by atomic mass is 9.94. The van der Waals surface area contributed by atoms with Crippen LogP contribution >= 0.6 is 11.6 Å². The Morgan fingerprint density at radius 1 is 1.25 bits per heavy atom. The number of nitrogens with zero attached hydrogens (tertiary/aromatic N) is 3. The van der Waals surface area contributed by atoms with Gasteiger partial charge in [-0.1, -0.05) is 0 Å². The van der Waals surface area contributed by atoms with E-state index in [1.54, 1.807) is 6.07 Å². The topological polar surface area (TPSA) is 81.6 Å². The van der Waals surface area contributed by atoms with Crippen LogP contribution in [0.3, 0.4) is 0 Å². The van der Waals surface area contributed by atoms with E-state index in [0.29, 0.717) is 57.3 Å². The molecule has 2 saturated heterocycles. The van der Waals surface area contributed by atoms with E-state index in [1.165, 1.54) is 6.26 Å². The first kappa shape index (κ1) is 17.8. The van der Waals surface area contributed by atoms with Crippen molar-refractivity contribution in [2.45, 2.75) is 30.6 Å². The fourth-order valence-electron chi connectivity index (χ4n) is 3.37. The minimum Gasteiger partial charge on any atom is -0.381 e. The molecule has 2 fully saturated rings. The van der Waals surface area contributed by atoms with Crippen molar-refractivity contribution < 1.29 is 17.9 Å². The summed E-state index contributed by atoms with van der Waals surface area (Å²) in [4.78, 5) is 10.7. The van der Waals surface area contributed by atoms with Gasteiger partial charge in [-0.3, -0.25) is 0 Å². The Balaban J connectivity index is 2.07. The molecule has 24 heavy (non-hydrogen) atoms. The van der Waals surface area contributed by atoms with Crippen molar-refractivity contribution in [1.29, 1.82) is 0 Å². The molecule has 2 aliphatic rings. The number of aromatic nitrogens is 2. The van der Waals surface area contributed by atoms with Crippen molar-refractivity contribution >= 4 is 27.3 Å². The van der Waals surface area contributed by atoms with Gasteiger partial charge in [-0.15, -0.1) is 0 Å². The maximum atomic E-state index is 12.6. The molecule has 0 bridgehead atoms. The highest BCUT2D eigenvalue weighted by Crippen LogP contribution is 2.40. The van der Waals surface area contributed by atoms with E-state index in [4.69, 9.17) is 21.1 Å². The zero-order valence-corrected chi connectivity index (χ0v) is 15.4. The lowest BCUT2D eigenvalue weighted by molar-refractivity contribution is 0.0731. The second kappa shape index (κ2) is 6.74. The van der Waals surface area contributed by atoms with Crippen LogP contribution in [0.4, 0.5) is 5.82 Å². The molecule has 0 saturated carbocycles. The summed E-state index contributed by atoms with van der Waals surface area (Å²) in [5.74, 6) is 0.648. The molecule has 1 aromatic heterocycles. The van der Waals surface area contributed by atoms with Crippen LogP contribution in [-0.2, 0) is 24.1 Å². The van der Waals surface area contributed by atoms with Crippen LogP contribution in [0.1, 0.15) is 25.5 Å². The first-order valence-electron chi connectivity index (χ1n) is 8.00. The predicted octanol–water partition coefficient (Wildman–Crippen LogP) is 1.41. The number of ether oxygens (including phenoxy) is 2. The highest BCUT2D eigenvalue weighted by molar-refractivity contribution is 7.91. The van der Waals surface area contributed by atoms with Crippen LogP contribution in [0.2, 0.25) is 5.28 Å². The number of anilines is 1. The Bertz CT molecular complexity index is 707. The molecule has 0 aromatic carbocycles. The van der Waals surface area contributed by atoms with Gasteiger partial charge in [0.2, 0.25) is 5.28 Å². The van der Waals surface area contributed by atoms with E-state index < -0.39 is 14.6 Å². The minimum atomic E-state index is -3.39. The second-order valence-corrected chi connectivity index (χ2v) is 9.04. The largest absolute Gasteiger partial charge is 0.381 e. The first-order valence-corrected chi connectivity index (χ1v) is 10.3. The molecule has 0 N–H and O–H groups in total. The van der Waals surface area contributed by atoms with Gasteiger partial charge >= 0.3 is 0 Å². The van der Waals surface area contributed by atoms with Crippen LogP contribution in [0.15, 0.2) is 6.07 Å². The highest BCUT2D eigenvalue weighted by atomic mass is 35.5. The molecule has 1 aromatic rings. The fraction of sp³-hybridized carbons (Fsp3) is 0.733. The normalized spacial score (nSPS) is 24.8. The van der Waals surface area contributed by atoms with Crippen molar-refractivity contribution in [3.05, 3.63) is 17.0 Å². The van der Waals surface area contributed by atoms with Crippen LogP contribution in [0, 0.1) is 0 Å². The summed E-state index contributed by atoms with van der Waals surface area (Å²) >= 11 is 6.14. The molecular formula is C15H22ClN3O4S. The van der Waals surface area contributed by atoms with Crippen LogP contribution < -0.4 is 4.90 Å². The number of halogens is 1. The molecule has 0 aliphatic carbocycles. The van der Waals surface area contributed by atoms with Gasteiger partial charge in [0, 0.05) is 32.1 Å². The van der Waals surface area contributed by atoms with Crippen molar-refractivity contribution in [2.75, 3.05) is 44.1 Å². The molecule has 0 amide bonds. The number of rotatable bonds is 3. The molecule has 0 spiro atoms. The predicted molar refractivity (Wildman–Crippen MR) is 91.2 cm³/mol. The van der Waals surface area contributed by atoms with E-state index in [2.05, 4.69) is 14.9 Å². The van der Waals surface area contributed by atoms with Gasteiger partial charge in [-0.2, -0.15) is 0 Å². The molecule has 1 atom stereocenters. The average Bonchev–Trinajstić information content (AvgIpc) is 2.54. The molecule has 0 unspecified atom stereocenters. The highest BCUT2D eigenvalue weighted by Gasteiger charge is 2.46. The lowest BCUT2D eigenvalue weighted by Gasteiger charge is -2.37.